The van der Waals surface area contributed by atoms with E-state index in [-0.39, 0.29) is 31.8 Å². The van der Waals surface area contributed by atoms with Crippen molar-refractivity contribution in [1.29, 1.82) is 0 Å². The molecule has 1 aliphatic heterocycles. The van der Waals surface area contributed by atoms with Gasteiger partial charge in [0.05, 0.1) is 19.2 Å². The topological polar surface area (TPSA) is 75.7 Å². The summed E-state index contributed by atoms with van der Waals surface area (Å²) >= 11 is 0. The molecule has 1 aliphatic carbocycles. The number of fused-ring (bicyclic) bond motifs is 2. The number of alkyl halides is 3. The van der Waals surface area contributed by atoms with Gasteiger partial charge in [0.1, 0.15) is 5.41 Å². The van der Waals surface area contributed by atoms with Crippen LogP contribution in [-0.2, 0) is 38.4 Å². The van der Waals surface area contributed by atoms with Crippen LogP contribution < -0.4 is 5.32 Å². The van der Waals surface area contributed by atoms with Crippen molar-refractivity contribution < 1.29 is 32.3 Å². The van der Waals surface area contributed by atoms with Crippen LogP contribution in [0, 0.1) is 11.3 Å². The summed E-state index contributed by atoms with van der Waals surface area (Å²) in [6.45, 7) is 0.115. The number of ether oxygens (including phenoxy) is 1. The highest BCUT2D eigenvalue weighted by molar-refractivity contribution is 5.93. The summed E-state index contributed by atoms with van der Waals surface area (Å²) < 4.78 is 44.7. The molecule has 9 heteroatoms. The molecule has 1 N–H and O–H groups in total. The van der Waals surface area contributed by atoms with E-state index in [0.717, 1.165) is 47.7 Å². The van der Waals surface area contributed by atoms with Gasteiger partial charge in [-0.15, -0.1) is 0 Å². The molecule has 2 amide bonds. The highest BCUT2D eigenvalue weighted by Gasteiger charge is 2.53. The lowest BCUT2D eigenvalue weighted by Gasteiger charge is -2.46. The number of nitrogens with one attached hydrogen (secondary N) is 1. The van der Waals surface area contributed by atoms with Crippen LogP contribution in [0.1, 0.15) is 55.2 Å². The molecule has 0 unspecified atom stereocenters. The molecule has 3 aromatic carbocycles. The first-order valence-electron chi connectivity index (χ1n) is 14.1. The molecule has 2 atom stereocenters. The van der Waals surface area contributed by atoms with Crippen molar-refractivity contribution in [3.8, 4) is 0 Å². The number of hydrogen-bond donors (Lipinski definition) is 1. The first-order chi connectivity index (χ1) is 20.1. The maximum absolute atomic E-state index is 14.1. The summed E-state index contributed by atoms with van der Waals surface area (Å²) in [6, 6.07) is 18.5. The molecule has 3 aromatic rings. The third-order valence-corrected chi connectivity index (χ3v) is 8.35. The Balaban J connectivity index is 1.43. The molecule has 1 fully saturated rings. The van der Waals surface area contributed by atoms with Gasteiger partial charge in [0, 0.05) is 24.6 Å². The molecule has 1 saturated heterocycles. The zero-order valence-electron chi connectivity index (χ0n) is 23.4. The van der Waals surface area contributed by atoms with E-state index >= 15 is 0 Å². The van der Waals surface area contributed by atoms with E-state index in [9.17, 15) is 27.6 Å². The SMILES string of the molecule is COC(=O)[C@]12CCCCC=C1N(Cc1cccc3ccccc13)C(=O)[C@H](CC(=O)NCc1cccc(C(F)(F)F)c1)C2. The Morgan fingerprint density at radius 1 is 1.05 bits per heavy atom. The van der Waals surface area contributed by atoms with Gasteiger partial charge in [-0.05, 0) is 59.7 Å². The van der Waals surface area contributed by atoms with Crippen molar-refractivity contribution in [2.24, 2.45) is 11.3 Å². The molecule has 0 spiro atoms. The monoisotopic (exact) mass is 578 g/mol. The Labute approximate surface area is 242 Å². The van der Waals surface area contributed by atoms with Crippen molar-refractivity contribution in [3.05, 3.63) is 95.2 Å². The summed E-state index contributed by atoms with van der Waals surface area (Å²) in [5, 5.41) is 4.69. The van der Waals surface area contributed by atoms with E-state index in [1.54, 1.807) is 4.90 Å². The lowest BCUT2D eigenvalue weighted by molar-refractivity contribution is -0.160. The van der Waals surface area contributed by atoms with Gasteiger partial charge in [0.2, 0.25) is 11.8 Å². The van der Waals surface area contributed by atoms with Crippen molar-refractivity contribution in [2.45, 2.75) is 57.8 Å². The molecule has 6 nitrogen and oxygen atoms in total. The number of hydrogen-bond acceptors (Lipinski definition) is 4. The number of carbonyl (C=O) groups excluding carboxylic acids is 3. The van der Waals surface area contributed by atoms with Gasteiger partial charge in [-0.25, -0.2) is 0 Å². The molecule has 0 aromatic heterocycles. The fourth-order valence-corrected chi connectivity index (χ4v) is 6.32. The van der Waals surface area contributed by atoms with Gasteiger partial charge in [-0.1, -0.05) is 67.1 Å². The average Bonchev–Trinajstić information content (AvgIpc) is 3.21. The number of rotatable bonds is 7. The molecule has 0 saturated carbocycles. The zero-order chi connectivity index (χ0) is 29.9. The van der Waals surface area contributed by atoms with Crippen LogP contribution in [0.2, 0.25) is 0 Å². The van der Waals surface area contributed by atoms with Crippen LogP contribution >= 0.6 is 0 Å². The number of esters is 1. The minimum atomic E-state index is -4.49. The van der Waals surface area contributed by atoms with Crippen LogP contribution in [0.15, 0.2) is 78.5 Å². The summed E-state index contributed by atoms with van der Waals surface area (Å²) in [4.78, 5) is 42.3. The number of amides is 2. The van der Waals surface area contributed by atoms with Crippen molar-refractivity contribution in [3.63, 3.8) is 0 Å². The van der Waals surface area contributed by atoms with Crippen molar-refractivity contribution in [2.75, 3.05) is 7.11 Å². The number of piperidine rings is 1. The molecule has 2 aliphatic rings. The van der Waals surface area contributed by atoms with E-state index in [2.05, 4.69) is 5.32 Å². The molecule has 0 bridgehead atoms. The number of likely N-dealkylation sites (tertiary alicyclic amines) is 1. The fraction of sp³-hybridized carbons (Fsp3) is 0.364. The standard InChI is InChI=1S/C33H33F3N2O4/c1-42-31(41)32-16-6-2-3-15-28(32)38(21-24-12-8-11-23-10-4-5-14-27(23)24)30(40)25(19-32)18-29(39)37-20-22-9-7-13-26(17-22)33(34,35)36/h4-5,7-15,17,25H,2-3,6,16,18-21H2,1H3,(H,37,39)/t25-,32+/m1/s1. The van der Waals surface area contributed by atoms with Gasteiger partial charge in [0.25, 0.3) is 0 Å². The number of methoxy groups -OCH3 is 1. The molecule has 220 valence electrons. The van der Waals surface area contributed by atoms with Crippen molar-refractivity contribution in [1.82, 2.24) is 10.2 Å². The highest BCUT2D eigenvalue weighted by Crippen LogP contribution is 2.50. The summed E-state index contributed by atoms with van der Waals surface area (Å²) in [5.41, 5.74) is -0.0277. The largest absolute Gasteiger partial charge is 0.468 e. The predicted molar refractivity (Wildman–Crippen MR) is 152 cm³/mol. The molecule has 0 radical (unpaired) electrons. The van der Waals surface area contributed by atoms with Gasteiger partial charge in [-0.3, -0.25) is 14.4 Å². The summed E-state index contributed by atoms with van der Waals surface area (Å²) in [6.07, 6.45) is 0.248. The Morgan fingerprint density at radius 2 is 1.81 bits per heavy atom. The Bertz CT molecular complexity index is 1530. The first-order valence-corrected chi connectivity index (χ1v) is 14.1. The number of nitrogens with zero attached hydrogens (tertiary/aromatic N) is 1. The second-order valence-corrected chi connectivity index (χ2v) is 11.1. The van der Waals surface area contributed by atoms with Crippen LogP contribution in [0.5, 0.6) is 0 Å². The third-order valence-electron chi connectivity index (χ3n) is 8.35. The molecule has 1 heterocycles. The fourth-order valence-electron chi connectivity index (χ4n) is 6.32. The van der Waals surface area contributed by atoms with Crippen LogP contribution in [-0.4, -0.2) is 29.8 Å². The van der Waals surface area contributed by atoms with Crippen molar-refractivity contribution >= 4 is 28.6 Å². The van der Waals surface area contributed by atoms with E-state index < -0.39 is 34.9 Å². The first kappa shape index (κ1) is 29.4. The molecule has 5 rings (SSSR count). The van der Waals surface area contributed by atoms with E-state index in [1.165, 1.54) is 19.2 Å². The van der Waals surface area contributed by atoms with Gasteiger partial charge in [0.15, 0.2) is 0 Å². The van der Waals surface area contributed by atoms with Crippen LogP contribution in [0.25, 0.3) is 10.8 Å². The normalized spacial score (nSPS) is 20.9. The molecular weight excluding hydrogens is 545 g/mol. The maximum atomic E-state index is 14.1. The molecular formula is C33H33F3N2O4. The summed E-state index contributed by atoms with van der Waals surface area (Å²) in [7, 11) is 1.34. The lowest BCUT2D eigenvalue weighted by Crippen LogP contribution is -2.53. The predicted octanol–water partition coefficient (Wildman–Crippen LogP) is 6.53. The highest BCUT2D eigenvalue weighted by atomic mass is 19.4. The maximum Gasteiger partial charge on any atom is 0.416 e. The van der Waals surface area contributed by atoms with E-state index in [4.69, 9.17) is 4.74 Å². The quantitative estimate of drug-likeness (QED) is 0.324. The number of carbonyl (C=O) groups is 3. The number of halogens is 3. The summed E-state index contributed by atoms with van der Waals surface area (Å²) in [5.74, 6) is -1.97. The minimum absolute atomic E-state index is 0.114. The second-order valence-electron chi connectivity index (χ2n) is 11.1. The number of allylic oxidation sites excluding steroid dienone is 1. The van der Waals surface area contributed by atoms with Crippen LogP contribution in [0.3, 0.4) is 0 Å². The van der Waals surface area contributed by atoms with Gasteiger partial charge >= 0.3 is 12.1 Å². The smallest absolute Gasteiger partial charge is 0.416 e. The number of benzene rings is 3. The molecule has 42 heavy (non-hydrogen) atoms. The minimum Gasteiger partial charge on any atom is -0.468 e. The van der Waals surface area contributed by atoms with E-state index in [0.29, 0.717) is 17.7 Å². The lowest BCUT2D eigenvalue weighted by atomic mass is 9.69. The van der Waals surface area contributed by atoms with Crippen LogP contribution in [0.4, 0.5) is 13.2 Å². The Morgan fingerprint density at radius 3 is 2.60 bits per heavy atom. The zero-order valence-corrected chi connectivity index (χ0v) is 23.4. The van der Waals surface area contributed by atoms with E-state index in [1.807, 2.05) is 48.5 Å². The average molecular weight is 579 g/mol. The third kappa shape index (κ3) is 5.91. The van der Waals surface area contributed by atoms with Gasteiger partial charge in [-0.2, -0.15) is 13.2 Å². The second kappa shape index (κ2) is 12.0. The Kier molecular flexibility index (Phi) is 8.38. The van der Waals surface area contributed by atoms with Gasteiger partial charge < -0.3 is 15.0 Å². The Hall–Kier alpha value is -4.14.